The minimum atomic E-state index is 0.717. The summed E-state index contributed by atoms with van der Waals surface area (Å²) in [6.45, 7) is 6.48. The first-order valence-corrected chi connectivity index (χ1v) is 7.32. The van der Waals surface area contributed by atoms with Gasteiger partial charge in [-0.2, -0.15) is 0 Å². The normalized spacial score (nSPS) is 34.4. The van der Waals surface area contributed by atoms with Crippen LogP contribution in [0.25, 0.3) is 0 Å². The van der Waals surface area contributed by atoms with Crippen molar-refractivity contribution in [2.24, 2.45) is 5.92 Å². The number of nitrogens with one attached hydrogen (secondary N) is 1. The molecular weight excluding hydrogens is 212 g/mol. The minimum Gasteiger partial charge on any atom is -0.381 e. The summed E-state index contributed by atoms with van der Waals surface area (Å²) in [5.74, 6) is 0.761. The Labute approximate surface area is 106 Å². The van der Waals surface area contributed by atoms with Crippen LogP contribution in [0, 0.1) is 5.92 Å². The Hall–Kier alpha value is -0.120. The van der Waals surface area contributed by atoms with Crippen molar-refractivity contribution in [1.29, 1.82) is 0 Å². The monoisotopic (exact) mass is 240 g/mol. The number of rotatable bonds is 5. The van der Waals surface area contributed by atoms with Crippen LogP contribution in [-0.2, 0) is 4.74 Å². The minimum absolute atomic E-state index is 0.717. The number of likely N-dealkylation sites (N-methyl/N-ethyl adjacent to an activating group) is 2. The van der Waals surface area contributed by atoms with Crippen LogP contribution in [0.5, 0.6) is 0 Å². The Balaban J connectivity index is 1.79. The second kappa shape index (κ2) is 6.72. The van der Waals surface area contributed by atoms with E-state index in [0.29, 0.717) is 0 Å². The van der Waals surface area contributed by atoms with Gasteiger partial charge in [0.05, 0.1) is 6.61 Å². The zero-order valence-electron chi connectivity index (χ0n) is 11.5. The summed E-state index contributed by atoms with van der Waals surface area (Å²) < 4.78 is 5.58. The lowest BCUT2D eigenvalue weighted by molar-refractivity contribution is 0.0347. The van der Waals surface area contributed by atoms with Gasteiger partial charge < -0.3 is 15.0 Å². The maximum absolute atomic E-state index is 5.58. The Morgan fingerprint density at radius 1 is 1.24 bits per heavy atom. The fraction of sp³-hybridized carbons (Fsp3) is 1.00. The van der Waals surface area contributed by atoms with E-state index in [9.17, 15) is 0 Å². The SMILES string of the molecule is CCNC1CCCC1N(C)CC1CCCOC1. The van der Waals surface area contributed by atoms with Gasteiger partial charge in [-0.05, 0) is 45.2 Å². The van der Waals surface area contributed by atoms with Crippen molar-refractivity contribution in [2.45, 2.75) is 51.1 Å². The zero-order valence-corrected chi connectivity index (χ0v) is 11.5. The van der Waals surface area contributed by atoms with Crippen molar-refractivity contribution in [1.82, 2.24) is 10.2 Å². The molecule has 1 heterocycles. The first-order chi connectivity index (χ1) is 8.31. The fourth-order valence-electron chi connectivity index (χ4n) is 3.46. The van der Waals surface area contributed by atoms with Crippen LogP contribution in [-0.4, -0.2) is 50.3 Å². The molecule has 2 aliphatic rings. The quantitative estimate of drug-likeness (QED) is 0.794. The van der Waals surface area contributed by atoms with E-state index in [4.69, 9.17) is 4.74 Å². The Bertz CT molecular complexity index is 216. The van der Waals surface area contributed by atoms with E-state index in [-0.39, 0.29) is 0 Å². The van der Waals surface area contributed by atoms with Gasteiger partial charge >= 0.3 is 0 Å². The standard InChI is InChI=1S/C14H28N2O/c1-3-15-13-7-4-8-14(13)16(2)10-12-6-5-9-17-11-12/h12-15H,3-11H2,1-2H3. The van der Waals surface area contributed by atoms with Crippen LogP contribution >= 0.6 is 0 Å². The topological polar surface area (TPSA) is 24.5 Å². The largest absolute Gasteiger partial charge is 0.381 e. The molecule has 0 amide bonds. The predicted molar refractivity (Wildman–Crippen MR) is 71.3 cm³/mol. The summed E-state index contributed by atoms with van der Waals surface area (Å²) in [6.07, 6.45) is 6.70. The molecule has 1 saturated carbocycles. The van der Waals surface area contributed by atoms with Crippen molar-refractivity contribution < 1.29 is 4.74 Å². The lowest BCUT2D eigenvalue weighted by Crippen LogP contribution is -2.47. The van der Waals surface area contributed by atoms with E-state index in [1.165, 1.54) is 38.6 Å². The molecule has 1 saturated heterocycles. The first-order valence-electron chi connectivity index (χ1n) is 7.32. The summed E-state index contributed by atoms with van der Waals surface area (Å²) in [6, 6.07) is 1.46. The molecule has 0 radical (unpaired) electrons. The molecule has 0 aromatic rings. The average Bonchev–Trinajstić information content (AvgIpc) is 2.79. The van der Waals surface area contributed by atoms with Gasteiger partial charge in [0.15, 0.2) is 0 Å². The third-order valence-corrected chi connectivity index (χ3v) is 4.31. The van der Waals surface area contributed by atoms with E-state index < -0.39 is 0 Å². The molecule has 0 bridgehead atoms. The van der Waals surface area contributed by atoms with Crippen LogP contribution < -0.4 is 5.32 Å². The molecule has 2 rings (SSSR count). The molecule has 0 spiro atoms. The second-order valence-corrected chi connectivity index (χ2v) is 5.69. The highest BCUT2D eigenvalue weighted by atomic mass is 16.5. The molecule has 3 nitrogen and oxygen atoms in total. The first kappa shape index (κ1) is 13.3. The Kier molecular flexibility index (Phi) is 5.26. The molecule has 1 aliphatic carbocycles. The molecule has 1 N–H and O–H groups in total. The highest BCUT2D eigenvalue weighted by Gasteiger charge is 2.30. The van der Waals surface area contributed by atoms with E-state index in [1.807, 2.05) is 0 Å². The third-order valence-electron chi connectivity index (χ3n) is 4.31. The molecular formula is C14H28N2O. The average molecular weight is 240 g/mol. The maximum atomic E-state index is 5.58. The highest BCUT2D eigenvalue weighted by molar-refractivity contribution is 4.89. The van der Waals surface area contributed by atoms with Gasteiger partial charge in [-0.25, -0.2) is 0 Å². The van der Waals surface area contributed by atoms with E-state index in [0.717, 1.165) is 37.8 Å². The number of nitrogens with zero attached hydrogens (tertiary/aromatic N) is 1. The van der Waals surface area contributed by atoms with Gasteiger partial charge in [0.2, 0.25) is 0 Å². The van der Waals surface area contributed by atoms with Crippen LogP contribution in [0.4, 0.5) is 0 Å². The molecule has 2 fully saturated rings. The van der Waals surface area contributed by atoms with Crippen molar-refractivity contribution in [3.05, 3.63) is 0 Å². The van der Waals surface area contributed by atoms with E-state index in [1.54, 1.807) is 0 Å². The van der Waals surface area contributed by atoms with Crippen LogP contribution in [0.3, 0.4) is 0 Å². The molecule has 0 aromatic heterocycles. The van der Waals surface area contributed by atoms with Gasteiger partial charge in [0.25, 0.3) is 0 Å². The van der Waals surface area contributed by atoms with Crippen molar-refractivity contribution >= 4 is 0 Å². The molecule has 3 atom stereocenters. The summed E-state index contributed by atoms with van der Waals surface area (Å²) in [5.41, 5.74) is 0. The second-order valence-electron chi connectivity index (χ2n) is 5.69. The highest BCUT2D eigenvalue weighted by Crippen LogP contribution is 2.25. The van der Waals surface area contributed by atoms with E-state index in [2.05, 4.69) is 24.2 Å². The van der Waals surface area contributed by atoms with Gasteiger partial charge in [-0.1, -0.05) is 13.3 Å². The molecule has 3 heteroatoms. The Morgan fingerprint density at radius 2 is 2.12 bits per heavy atom. The smallest absolute Gasteiger partial charge is 0.0506 e. The van der Waals surface area contributed by atoms with Gasteiger partial charge in [0, 0.05) is 25.2 Å². The molecule has 0 aromatic carbocycles. The van der Waals surface area contributed by atoms with Crippen LogP contribution in [0.2, 0.25) is 0 Å². The summed E-state index contributed by atoms with van der Waals surface area (Å²) >= 11 is 0. The van der Waals surface area contributed by atoms with Gasteiger partial charge in [0.1, 0.15) is 0 Å². The number of hydrogen-bond donors (Lipinski definition) is 1. The number of hydrogen-bond acceptors (Lipinski definition) is 3. The maximum Gasteiger partial charge on any atom is 0.0506 e. The molecule has 17 heavy (non-hydrogen) atoms. The Morgan fingerprint density at radius 3 is 2.82 bits per heavy atom. The van der Waals surface area contributed by atoms with Gasteiger partial charge in [-0.3, -0.25) is 0 Å². The van der Waals surface area contributed by atoms with E-state index >= 15 is 0 Å². The summed E-state index contributed by atoms with van der Waals surface area (Å²) in [5, 5.41) is 3.64. The van der Waals surface area contributed by atoms with Gasteiger partial charge in [-0.15, -0.1) is 0 Å². The van der Waals surface area contributed by atoms with Crippen LogP contribution in [0.15, 0.2) is 0 Å². The molecule has 100 valence electrons. The lowest BCUT2D eigenvalue weighted by Gasteiger charge is -2.34. The number of ether oxygens (including phenoxy) is 1. The fourth-order valence-corrected chi connectivity index (χ4v) is 3.46. The summed E-state index contributed by atoms with van der Waals surface area (Å²) in [4.78, 5) is 2.58. The molecule has 1 aliphatic heterocycles. The predicted octanol–water partition coefficient (Wildman–Crippen LogP) is 1.88. The van der Waals surface area contributed by atoms with Crippen molar-refractivity contribution in [3.8, 4) is 0 Å². The van der Waals surface area contributed by atoms with Crippen molar-refractivity contribution in [3.63, 3.8) is 0 Å². The summed E-state index contributed by atoms with van der Waals surface area (Å²) in [7, 11) is 2.30. The lowest BCUT2D eigenvalue weighted by atomic mass is 10.0. The third kappa shape index (κ3) is 3.67. The molecule has 3 unspecified atom stereocenters. The van der Waals surface area contributed by atoms with Crippen molar-refractivity contribution in [2.75, 3.05) is 33.4 Å². The van der Waals surface area contributed by atoms with Crippen LogP contribution in [0.1, 0.15) is 39.0 Å². The zero-order chi connectivity index (χ0) is 12.1.